The Hall–Kier alpha value is -3.16. The SMILES string of the molecule is C=CCN1CCC23c4c5ccc(O)c4OC2/C(=N/N=C2\CCC4C6CCc7cc(O)ccc7C6CCC24C)CCC3(O)C1C5. The molecule has 230 valence electrons. The average Bonchev–Trinajstić information content (AvgIpc) is 3.54. The summed E-state index contributed by atoms with van der Waals surface area (Å²) in [5.74, 6) is 2.88. The van der Waals surface area contributed by atoms with E-state index in [4.69, 9.17) is 14.9 Å². The van der Waals surface area contributed by atoms with Crippen molar-refractivity contribution in [1.29, 1.82) is 0 Å². The van der Waals surface area contributed by atoms with Crippen LogP contribution in [0.5, 0.6) is 17.2 Å². The number of aromatic hydroxyl groups is 2. The molecule has 0 radical (unpaired) electrons. The maximum Gasteiger partial charge on any atom is 0.166 e. The highest BCUT2D eigenvalue weighted by Gasteiger charge is 2.72. The van der Waals surface area contributed by atoms with Crippen LogP contribution in [0, 0.1) is 17.3 Å². The first kappa shape index (κ1) is 27.2. The van der Waals surface area contributed by atoms with E-state index in [1.165, 1.54) is 28.8 Å². The minimum Gasteiger partial charge on any atom is -0.508 e. The lowest BCUT2D eigenvalue weighted by Crippen LogP contribution is -2.76. The summed E-state index contributed by atoms with van der Waals surface area (Å²) in [4.78, 5) is 2.38. The second-order valence-electron chi connectivity index (χ2n) is 15.0. The molecule has 1 saturated heterocycles. The van der Waals surface area contributed by atoms with Gasteiger partial charge in [0.1, 0.15) is 5.75 Å². The summed E-state index contributed by atoms with van der Waals surface area (Å²) in [6.07, 6.45) is 10.9. The Bertz CT molecular complexity index is 1650. The van der Waals surface area contributed by atoms with Crippen LogP contribution in [0.15, 0.2) is 53.2 Å². The van der Waals surface area contributed by atoms with Gasteiger partial charge in [0.05, 0.1) is 16.7 Å². The Morgan fingerprint density at radius 2 is 1.91 bits per heavy atom. The summed E-state index contributed by atoms with van der Waals surface area (Å²) in [5.41, 5.74) is 5.55. The van der Waals surface area contributed by atoms with Crippen LogP contribution in [-0.2, 0) is 18.3 Å². The van der Waals surface area contributed by atoms with Gasteiger partial charge >= 0.3 is 0 Å². The van der Waals surface area contributed by atoms with E-state index in [0.717, 1.165) is 69.3 Å². The first-order chi connectivity index (χ1) is 21.3. The molecule has 3 saturated carbocycles. The minimum atomic E-state index is -0.964. The number of hydrogen-bond donors (Lipinski definition) is 3. The van der Waals surface area contributed by atoms with E-state index >= 15 is 0 Å². The monoisotopic (exact) mass is 593 g/mol. The summed E-state index contributed by atoms with van der Waals surface area (Å²) < 4.78 is 6.68. The van der Waals surface area contributed by atoms with Crippen molar-refractivity contribution >= 4 is 11.4 Å². The molecule has 2 heterocycles. The molecule has 0 aromatic heterocycles. The van der Waals surface area contributed by atoms with Gasteiger partial charge in [-0.3, -0.25) is 4.90 Å². The Morgan fingerprint density at radius 1 is 1.02 bits per heavy atom. The van der Waals surface area contributed by atoms with Crippen LogP contribution in [-0.4, -0.2) is 62.5 Å². The van der Waals surface area contributed by atoms with Gasteiger partial charge in [-0.05, 0) is 117 Å². The number of aryl methyl sites for hydroxylation is 1. The van der Waals surface area contributed by atoms with Gasteiger partial charge < -0.3 is 20.1 Å². The Kier molecular flexibility index (Phi) is 5.68. The maximum absolute atomic E-state index is 12.6. The molecular weight excluding hydrogens is 550 g/mol. The van der Waals surface area contributed by atoms with Crippen LogP contribution in [0.1, 0.15) is 86.5 Å². The van der Waals surface area contributed by atoms with E-state index in [-0.39, 0.29) is 17.2 Å². The normalized spacial score (nSPS) is 41.5. The molecule has 0 amide bonds. The molecule has 4 fully saturated rings. The highest BCUT2D eigenvalue weighted by atomic mass is 16.5. The first-order valence-corrected chi connectivity index (χ1v) is 16.8. The molecule has 7 heteroatoms. The van der Waals surface area contributed by atoms with Gasteiger partial charge in [0, 0.05) is 35.8 Å². The van der Waals surface area contributed by atoms with E-state index in [0.29, 0.717) is 42.1 Å². The maximum atomic E-state index is 12.6. The van der Waals surface area contributed by atoms with E-state index < -0.39 is 17.1 Å². The van der Waals surface area contributed by atoms with Gasteiger partial charge in [0.25, 0.3) is 0 Å². The van der Waals surface area contributed by atoms with Crippen molar-refractivity contribution in [3.63, 3.8) is 0 Å². The number of phenols is 2. The van der Waals surface area contributed by atoms with Crippen LogP contribution in [0.2, 0.25) is 0 Å². The largest absolute Gasteiger partial charge is 0.508 e. The number of piperidine rings is 1. The molecular formula is C37H43N3O4. The molecule has 7 aliphatic rings. The zero-order valence-electron chi connectivity index (χ0n) is 25.6. The van der Waals surface area contributed by atoms with Gasteiger partial charge in [0.15, 0.2) is 17.6 Å². The quantitative estimate of drug-likeness (QED) is 0.309. The molecule has 8 atom stereocenters. The van der Waals surface area contributed by atoms with E-state index in [2.05, 4.69) is 24.5 Å². The predicted molar refractivity (Wildman–Crippen MR) is 170 cm³/mol. The van der Waals surface area contributed by atoms with Crippen molar-refractivity contribution in [3.05, 3.63) is 65.2 Å². The number of benzene rings is 2. The molecule has 2 aliphatic heterocycles. The lowest BCUT2D eigenvalue weighted by atomic mass is 9.49. The van der Waals surface area contributed by atoms with E-state index in [1.807, 2.05) is 24.3 Å². The van der Waals surface area contributed by atoms with Gasteiger partial charge in [-0.2, -0.15) is 10.2 Å². The first-order valence-electron chi connectivity index (χ1n) is 16.8. The molecule has 7 nitrogen and oxygen atoms in total. The summed E-state index contributed by atoms with van der Waals surface area (Å²) >= 11 is 0. The summed E-state index contributed by atoms with van der Waals surface area (Å²) in [6.45, 7) is 8.01. The van der Waals surface area contributed by atoms with Crippen LogP contribution in [0.4, 0.5) is 0 Å². The van der Waals surface area contributed by atoms with Crippen molar-refractivity contribution in [1.82, 2.24) is 4.90 Å². The third kappa shape index (κ3) is 3.30. The van der Waals surface area contributed by atoms with Crippen molar-refractivity contribution < 1.29 is 20.1 Å². The second kappa shape index (κ2) is 9.20. The Labute approximate surface area is 259 Å². The average molecular weight is 594 g/mol. The number of ether oxygens (including phenoxy) is 1. The van der Waals surface area contributed by atoms with Crippen LogP contribution < -0.4 is 4.74 Å². The number of hydrogen-bond acceptors (Lipinski definition) is 7. The fourth-order valence-corrected chi connectivity index (χ4v) is 11.6. The number of likely N-dealkylation sites (tertiary alicyclic amines) is 1. The zero-order valence-corrected chi connectivity index (χ0v) is 25.6. The number of fused-ring (bicyclic) bond motifs is 5. The number of aliphatic hydroxyl groups is 1. The second-order valence-corrected chi connectivity index (χ2v) is 15.0. The van der Waals surface area contributed by atoms with Crippen LogP contribution in [0.3, 0.4) is 0 Å². The molecule has 3 N–H and O–H groups in total. The third-order valence-electron chi connectivity index (χ3n) is 13.5. The molecule has 2 aromatic rings. The molecule has 1 spiro atoms. The Morgan fingerprint density at radius 3 is 2.77 bits per heavy atom. The van der Waals surface area contributed by atoms with Gasteiger partial charge in [0.2, 0.25) is 0 Å². The van der Waals surface area contributed by atoms with Crippen molar-refractivity contribution in [3.8, 4) is 17.2 Å². The Balaban J connectivity index is 1.06. The highest BCUT2D eigenvalue weighted by Crippen LogP contribution is 2.65. The van der Waals surface area contributed by atoms with Crippen molar-refractivity contribution in [2.24, 2.45) is 27.5 Å². The fraction of sp³-hybridized carbons (Fsp3) is 0.568. The number of nitrogens with zero attached hydrogens (tertiary/aromatic N) is 3. The predicted octanol–water partition coefficient (Wildman–Crippen LogP) is 5.79. The summed E-state index contributed by atoms with van der Waals surface area (Å²) in [5, 5.41) is 43.8. The summed E-state index contributed by atoms with van der Waals surface area (Å²) in [7, 11) is 0. The highest BCUT2D eigenvalue weighted by molar-refractivity contribution is 5.97. The smallest absolute Gasteiger partial charge is 0.166 e. The van der Waals surface area contributed by atoms with Crippen LogP contribution >= 0.6 is 0 Å². The standard InChI is InChI=1S/C37H43N3O4/c1-3-17-40-18-16-36-32-22-5-10-29(42)33(32)44-34(36)28(13-15-37(36,43)31(40)20-22)38-39-30-11-9-27-26-7-4-21-19-23(41)6-8-24(21)25(26)12-14-35(27,30)2/h3,5-6,8,10,19,25-27,31,34,41-43H,1,4,7,9,11-18,20H2,2H3/b38-28+,39-30+. The molecule has 8 unspecified atom stereocenters. The lowest BCUT2D eigenvalue weighted by Gasteiger charge is -2.62. The molecule has 2 aromatic carbocycles. The van der Waals surface area contributed by atoms with E-state index in [9.17, 15) is 15.3 Å². The zero-order chi connectivity index (χ0) is 30.0. The van der Waals surface area contributed by atoms with Gasteiger partial charge in [-0.25, -0.2) is 0 Å². The minimum absolute atomic E-state index is 0.0227. The molecule has 44 heavy (non-hydrogen) atoms. The third-order valence-corrected chi connectivity index (χ3v) is 13.5. The van der Waals surface area contributed by atoms with Gasteiger partial charge in [-0.1, -0.05) is 25.1 Å². The van der Waals surface area contributed by atoms with Gasteiger partial charge in [-0.15, -0.1) is 6.58 Å². The number of phenolic OH excluding ortho intramolecular Hbond substituents is 2. The molecule has 2 bridgehead atoms. The molecule has 9 rings (SSSR count). The van der Waals surface area contributed by atoms with Crippen molar-refractivity contribution in [2.45, 2.75) is 100 Å². The fourth-order valence-electron chi connectivity index (χ4n) is 11.6. The van der Waals surface area contributed by atoms with E-state index in [1.54, 1.807) is 6.07 Å². The topological polar surface area (TPSA) is 97.9 Å². The summed E-state index contributed by atoms with van der Waals surface area (Å²) in [6, 6.07) is 9.77. The number of rotatable bonds is 3. The van der Waals surface area contributed by atoms with Crippen LogP contribution in [0.25, 0.3) is 0 Å². The molecule has 5 aliphatic carbocycles. The lowest BCUT2D eigenvalue weighted by molar-refractivity contribution is -0.163. The van der Waals surface area contributed by atoms with Crippen molar-refractivity contribution in [2.75, 3.05) is 13.1 Å².